The molecule has 5 nitrogen and oxygen atoms in total. The highest BCUT2D eigenvalue weighted by Crippen LogP contribution is 2.29. The summed E-state index contributed by atoms with van der Waals surface area (Å²) < 4.78 is 5.66. The predicted octanol–water partition coefficient (Wildman–Crippen LogP) is 2.89. The van der Waals surface area contributed by atoms with E-state index >= 15 is 0 Å². The van der Waals surface area contributed by atoms with Crippen molar-refractivity contribution in [2.24, 2.45) is 0 Å². The van der Waals surface area contributed by atoms with Crippen molar-refractivity contribution < 1.29 is 14.6 Å². The van der Waals surface area contributed by atoms with Gasteiger partial charge in [-0.05, 0) is 32.4 Å². The van der Waals surface area contributed by atoms with Crippen LogP contribution in [0.2, 0.25) is 0 Å². The normalized spacial score (nSPS) is 10.3. The number of benzene rings is 1. The van der Waals surface area contributed by atoms with Crippen LogP contribution in [0.25, 0.3) is 0 Å². The number of rotatable bonds is 3. The lowest BCUT2D eigenvalue weighted by Crippen LogP contribution is -2.04. The average Bonchev–Trinajstić information content (AvgIpc) is 2.35. The number of carboxylic acid groups (broad SMARTS) is 1. The van der Waals surface area contributed by atoms with Crippen LogP contribution in [0.4, 0.5) is 0 Å². The van der Waals surface area contributed by atoms with E-state index in [9.17, 15) is 9.90 Å². The molecule has 0 amide bonds. The Hall–Kier alpha value is -2.43. The zero-order chi connectivity index (χ0) is 14.0. The van der Waals surface area contributed by atoms with Crippen LogP contribution in [0, 0.1) is 20.8 Å². The van der Waals surface area contributed by atoms with Gasteiger partial charge in [-0.3, -0.25) is 4.98 Å². The number of aromatic nitrogens is 2. The Morgan fingerprint density at radius 2 is 2.00 bits per heavy atom. The minimum absolute atomic E-state index is 0.114. The quantitative estimate of drug-likeness (QED) is 0.916. The van der Waals surface area contributed by atoms with Crippen molar-refractivity contribution >= 4 is 5.97 Å². The number of carbonyl (C=O) groups is 1. The number of para-hydroxylation sites is 1. The Kier molecular flexibility index (Phi) is 3.46. The summed E-state index contributed by atoms with van der Waals surface area (Å²) in [4.78, 5) is 19.6. The van der Waals surface area contributed by atoms with E-state index in [1.165, 1.54) is 6.07 Å². The molecule has 98 valence electrons. The summed E-state index contributed by atoms with van der Waals surface area (Å²) in [6.45, 7) is 5.36. The Morgan fingerprint density at radius 1 is 1.26 bits per heavy atom. The molecular weight excluding hydrogens is 244 g/mol. The van der Waals surface area contributed by atoms with Gasteiger partial charge in [-0.25, -0.2) is 9.78 Å². The molecular formula is C14H14N2O3. The van der Waals surface area contributed by atoms with E-state index in [0.717, 1.165) is 5.56 Å². The molecule has 0 bridgehead atoms. The summed E-state index contributed by atoms with van der Waals surface area (Å²) >= 11 is 0. The second kappa shape index (κ2) is 5.06. The predicted molar refractivity (Wildman–Crippen MR) is 69.7 cm³/mol. The first-order chi connectivity index (χ1) is 8.99. The minimum atomic E-state index is -1.03. The molecule has 2 aromatic rings. The van der Waals surface area contributed by atoms with Crippen LogP contribution < -0.4 is 4.74 Å². The van der Waals surface area contributed by atoms with E-state index in [4.69, 9.17) is 4.74 Å². The van der Waals surface area contributed by atoms with Gasteiger partial charge < -0.3 is 9.84 Å². The number of aryl methyl sites for hydroxylation is 3. The Morgan fingerprint density at radius 3 is 2.68 bits per heavy atom. The fraction of sp³-hybridized carbons (Fsp3) is 0.214. The maximum Gasteiger partial charge on any atom is 0.339 e. The highest BCUT2D eigenvalue weighted by molar-refractivity contribution is 5.91. The van der Waals surface area contributed by atoms with Crippen LogP contribution in [-0.2, 0) is 0 Å². The van der Waals surface area contributed by atoms with Gasteiger partial charge in [-0.2, -0.15) is 0 Å². The number of hydrogen-bond acceptors (Lipinski definition) is 4. The largest absolute Gasteiger partial charge is 0.478 e. The van der Waals surface area contributed by atoms with E-state index in [1.54, 1.807) is 39.1 Å². The first-order valence-electron chi connectivity index (χ1n) is 5.80. The second-order valence-corrected chi connectivity index (χ2v) is 4.26. The van der Waals surface area contributed by atoms with Crippen LogP contribution in [0.3, 0.4) is 0 Å². The SMILES string of the molecule is Cc1cnc(C)c(Oc2c(C)cccc2C(=O)O)n1. The third-order valence-electron chi connectivity index (χ3n) is 2.67. The number of aromatic carboxylic acids is 1. The average molecular weight is 258 g/mol. The summed E-state index contributed by atoms with van der Waals surface area (Å²) in [5, 5.41) is 9.18. The lowest BCUT2D eigenvalue weighted by molar-refractivity contribution is 0.0694. The van der Waals surface area contributed by atoms with Gasteiger partial charge >= 0.3 is 5.97 Å². The maximum atomic E-state index is 11.2. The van der Waals surface area contributed by atoms with Gasteiger partial charge in [-0.1, -0.05) is 12.1 Å². The summed E-state index contributed by atoms with van der Waals surface area (Å²) in [6.07, 6.45) is 1.64. The van der Waals surface area contributed by atoms with Crippen molar-refractivity contribution in [1.82, 2.24) is 9.97 Å². The van der Waals surface area contributed by atoms with Gasteiger partial charge in [0.25, 0.3) is 0 Å². The van der Waals surface area contributed by atoms with Gasteiger partial charge in [0.05, 0.1) is 11.4 Å². The van der Waals surface area contributed by atoms with Crippen molar-refractivity contribution in [2.75, 3.05) is 0 Å². The van der Waals surface area contributed by atoms with E-state index in [2.05, 4.69) is 9.97 Å². The molecule has 1 N–H and O–H groups in total. The molecule has 2 rings (SSSR count). The van der Waals surface area contributed by atoms with E-state index in [0.29, 0.717) is 23.0 Å². The van der Waals surface area contributed by atoms with Crippen LogP contribution >= 0.6 is 0 Å². The minimum Gasteiger partial charge on any atom is -0.478 e. The molecule has 5 heteroatoms. The van der Waals surface area contributed by atoms with Crippen molar-refractivity contribution in [1.29, 1.82) is 0 Å². The zero-order valence-corrected chi connectivity index (χ0v) is 11.0. The molecule has 0 aliphatic carbocycles. The first kappa shape index (κ1) is 13.0. The van der Waals surface area contributed by atoms with E-state index in [-0.39, 0.29) is 5.56 Å². The number of ether oxygens (including phenoxy) is 1. The van der Waals surface area contributed by atoms with E-state index in [1.807, 2.05) is 0 Å². The van der Waals surface area contributed by atoms with Crippen LogP contribution in [0.15, 0.2) is 24.4 Å². The summed E-state index contributed by atoms with van der Waals surface area (Å²) in [5.41, 5.74) is 2.18. The van der Waals surface area contributed by atoms with Gasteiger partial charge in [0, 0.05) is 6.20 Å². The van der Waals surface area contributed by atoms with Crippen molar-refractivity contribution in [3.05, 3.63) is 46.9 Å². The topological polar surface area (TPSA) is 72.3 Å². The molecule has 0 saturated heterocycles. The molecule has 1 aromatic carbocycles. The fourth-order valence-corrected chi connectivity index (χ4v) is 1.67. The molecule has 0 aliphatic heterocycles. The van der Waals surface area contributed by atoms with Crippen molar-refractivity contribution in [2.45, 2.75) is 20.8 Å². The fourth-order valence-electron chi connectivity index (χ4n) is 1.67. The molecule has 0 saturated carbocycles. The third-order valence-corrected chi connectivity index (χ3v) is 2.67. The van der Waals surface area contributed by atoms with Crippen LogP contribution in [-0.4, -0.2) is 21.0 Å². The number of nitrogens with zero attached hydrogens (tertiary/aromatic N) is 2. The molecule has 0 spiro atoms. The highest BCUT2D eigenvalue weighted by atomic mass is 16.5. The molecule has 0 unspecified atom stereocenters. The van der Waals surface area contributed by atoms with Crippen molar-refractivity contribution in [3.8, 4) is 11.6 Å². The molecule has 0 atom stereocenters. The molecule has 0 radical (unpaired) electrons. The zero-order valence-electron chi connectivity index (χ0n) is 11.0. The molecule has 0 fully saturated rings. The van der Waals surface area contributed by atoms with Gasteiger partial charge in [0.15, 0.2) is 0 Å². The maximum absolute atomic E-state index is 11.2. The Bertz CT molecular complexity index is 639. The monoisotopic (exact) mass is 258 g/mol. The van der Waals surface area contributed by atoms with Crippen LogP contribution in [0.1, 0.15) is 27.3 Å². The Labute approximate surface area is 110 Å². The standard InChI is InChI=1S/C14H14N2O3/c1-8-5-4-6-11(14(17)18)12(8)19-13-10(3)15-7-9(2)16-13/h4-7H,1-3H3,(H,17,18). The first-order valence-corrected chi connectivity index (χ1v) is 5.80. The lowest BCUT2D eigenvalue weighted by Gasteiger charge is -2.12. The molecule has 1 heterocycles. The smallest absolute Gasteiger partial charge is 0.339 e. The summed E-state index contributed by atoms with van der Waals surface area (Å²) in [6, 6.07) is 4.98. The van der Waals surface area contributed by atoms with Gasteiger partial charge in [0.1, 0.15) is 11.3 Å². The van der Waals surface area contributed by atoms with E-state index < -0.39 is 5.97 Å². The van der Waals surface area contributed by atoms with Gasteiger partial charge in [-0.15, -0.1) is 0 Å². The van der Waals surface area contributed by atoms with Crippen LogP contribution in [0.5, 0.6) is 11.6 Å². The number of carboxylic acids is 1. The number of hydrogen-bond donors (Lipinski definition) is 1. The second-order valence-electron chi connectivity index (χ2n) is 4.26. The van der Waals surface area contributed by atoms with Crippen molar-refractivity contribution in [3.63, 3.8) is 0 Å². The lowest BCUT2D eigenvalue weighted by atomic mass is 10.1. The molecule has 19 heavy (non-hydrogen) atoms. The summed E-state index contributed by atoms with van der Waals surface area (Å²) in [5.74, 6) is -0.397. The summed E-state index contributed by atoms with van der Waals surface area (Å²) in [7, 11) is 0. The highest BCUT2D eigenvalue weighted by Gasteiger charge is 2.16. The molecule has 1 aromatic heterocycles. The van der Waals surface area contributed by atoms with Gasteiger partial charge in [0.2, 0.25) is 5.88 Å². The molecule has 0 aliphatic rings. The Balaban J connectivity index is 2.49. The third kappa shape index (κ3) is 2.70.